The molecule has 238 valence electrons. The molecule has 0 saturated carbocycles. The Morgan fingerprint density at radius 3 is 2.30 bits per heavy atom. The van der Waals surface area contributed by atoms with Crippen LogP contribution in [0.2, 0.25) is 5.02 Å². The maximum absolute atomic E-state index is 14.8. The van der Waals surface area contributed by atoms with Gasteiger partial charge in [0.05, 0.1) is 23.5 Å². The lowest BCUT2D eigenvalue weighted by Crippen LogP contribution is -2.60. The minimum Gasteiger partial charge on any atom is -0.358 e. The van der Waals surface area contributed by atoms with Crippen molar-refractivity contribution in [1.29, 1.82) is 0 Å². The Bertz CT molecular complexity index is 1800. The molecule has 3 N–H and O–H groups in total. The summed E-state index contributed by atoms with van der Waals surface area (Å²) in [5.74, 6) is -1.34. The van der Waals surface area contributed by atoms with Gasteiger partial charge in [-0.3, -0.25) is 14.6 Å². The number of aliphatic imine (C=N–C) groups is 1. The lowest BCUT2D eigenvalue weighted by atomic mass is 9.86. The molecule has 1 saturated heterocycles. The molecule has 1 fully saturated rings. The van der Waals surface area contributed by atoms with Crippen LogP contribution in [0.3, 0.4) is 0 Å². The summed E-state index contributed by atoms with van der Waals surface area (Å²) in [6.45, 7) is 1.02. The number of fused-ring (bicyclic) bond motifs is 3. The fraction of sp³-hybridized carbons (Fsp3) is 0.265. The first kappa shape index (κ1) is 32.6. The van der Waals surface area contributed by atoms with Crippen LogP contribution in [0.5, 0.6) is 0 Å². The number of anilines is 2. The lowest BCUT2D eigenvalue weighted by Gasteiger charge is -2.40. The van der Waals surface area contributed by atoms with Crippen molar-refractivity contribution < 1.29 is 18.4 Å². The Kier molecular flexibility index (Phi) is 9.45. The number of nitrogens with one attached hydrogen (secondary N) is 3. The zero-order valence-electron chi connectivity index (χ0n) is 24.6. The van der Waals surface area contributed by atoms with Crippen molar-refractivity contribution in [1.82, 2.24) is 25.5 Å². The number of rotatable bonds is 6. The zero-order chi connectivity index (χ0) is 31.7. The number of halogens is 3. The molecule has 0 bridgehead atoms. The zero-order valence-corrected chi connectivity index (χ0v) is 25.4. The number of amides is 2. The standard InChI is InChI=1S/C33H30ClF2N7O2.CH4/c1-37-31(45)33(38-2)12-14-43(15-13-33)30(44)19-6-9-22(10-7-19)41-32-40-18-20-17-39-29(27-25(35)4-3-5-26(27)36)24-16-21(34)8-11-23(24)28(20)42-32;/h3-11,16,18,38H,12-15,17H2,1-2H3,(H,37,45)(H,40,41,42);1H4. The van der Waals surface area contributed by atoms with E-state index < -0.39 is 17.2 Å². The molecule has 12 heteroatoms. The van der Waals surface area contributed by atoms with Crippen molar-refractivity contribution in [2.75, 3.05) is 32.5 Å². The minimum absolute atomic E-state index is 0. The summed E-state index contributed by atoms with van der Waals surface area (Å²) < 4.78 is 29.7. The normalized spacial score (nSPS) is 15.0. The molecule has 6 rings (SSSR count). The fourth-order valence-corrected chi connectivity index (χ4v) is 6.02. The average molecular weight is 646 g/mol. The summed E-state index contributed by atoms with van der Waals surface area (Å²) in [5.41, 5.74) is 2.73. The number of carbonyl (C=O) groups excluding carboxylic acids is 2. The number of hydrogen-bond acceptors (Lipinski definition) is 7. The van der Waals surface area contributed by atoms with Crippen molar-refractivity contribution in [3.05, 3.63) is 106 Å². The van der Waals surface area contributed by atoms with E-state index in [-0.39, 0.29) is 37.1 Å². The van der Waals surface area contributed by atoms with Gasteiger partial charge in [-0.05, 0) is 68.4 Å². The molecule has 0 atom stereocenters. The van der Waals surface area contributed by atoms with Crippen LogP contribution < -0.4 is 16.0 Å². The van der Waals surface area contributed by atoms with E-state index in [1.807, 2.05) is 0 Å². The summed E-state index contributed by atoms with van der Waals surface area (Å²) in [6.07, 6.45) is 2.66. The molecular formula is C34H34ClF2N7O2. The third-order valence-corrected chi connectivity index (χ3v) is 8.63. The first-order valence-electron chi connectivity index (χ1n) is 14.5. The van der Waals surface area contributed by atoms with Gasteiger partial charge < -0.3 is 20.9 Å². The van der Waals surface area contributed by atoms with Gasteiger partial charge >= 0.3 is 0 Å². The molecule has 46 heavy (non-hydrogen) atoms. The van der Waals surface area contributed by atoms with Gasteiger partial charge in [-0.2, -0.15) is 0 Å². The molecule has 2 aliphatic rings. The summed E-state index contributed by atoms with van der Waals surface area (Å²) in [7, 11) is 3.37. The molecule has 1 aromatic heterocycles. The highest BCUT2D eigenvalue weighted by molar-refractivity contribution is 6.31. The third-order valence-electron chi connectivity index (χ3n) is 8.40. The van der Waals surface area contributed by atoms with Crippen LogP contribution in [0.25, 0.3) is 11.3 Å². The highest BCUT2D eigenvalue weighted by Gasteiger charge is 2.40. The van der Waals surface area contributed by atoms with Gasteiger partial charge in [0.1, 0.15) is 17.2 Å². The Labute approximate surface area is 271 Å². The van der Waals surface area contributed by atoms with Gasteiger partial charge in [-0.1, -0.05) is 31.2 Å². The molecule has 0 unspecified atom stereocenters. The third kappa shape index (κ3) is 6.08. The van der Waals surface area contributed by atoms with E-state index in [0.29, 0.717) is 70.5 Å². The van der Waals surface area contributed by atoms with Crippen molar-refractivity contribution in [3.63, 3.8) is 0 Å². The smallest absolute Gasteiger partial charge is 0.253 e. The van der Waals surface area contributed by atoms with Crippen LogP contribution in [0.4, 0.5) is 20.4 Å². The molecule has 3 heterocycles. The maximum atomic E-state index is 14.8. The monoisotopic (exact) mass is 645 g/mol. The Hall–Kier alpha value is -4.74. The molecule has 2 aliphatic heterocycles. The van der Waals surface area contributed by atoms with E-state index in [0.717, 1.165) is 0 Å². The molecular weight excluding hydrogens is 612 g/mol. The molecule has 4 aromatic rings. The predicted octanol–water partition coefficient (Wildman–Crippen LogP) is 5.75. The van der Waals surface area contributed by atoms with E-state index in [9.17, 15) is 18.4 Å². The summed E-state index contributed by atoms with van der Waals surface area (Å²) in [5, 5.41) is 9.40. The Morgan fingerprint density at radius 1 is 0.957 bits per heavy atom. The molecule has 0 radical (unpaired) electrons. The second-order valence-corrected chi connectivity index (χ2v) is 11.4. The number of nitrogens with zero attached hydrogens (tertiary/aromatic N) is 4. The van der Waals surface area contributed by atoms with E-state index in [4.69, 9.17) is 16.6 Å². The topological polar surface area (TPSA) is 112 Å². The molecule has 0 spiro atoms. The largest absolute Gasteiger partial charge is 0.358 e. The van der Waals surface area contributed by atoms with Crippen LogP contribution in [0.15, 0.2) is 71.9 Å². The van der Waals surface area contributed by atoms with Gasteiger partial charge in [0.15, 0.2) is 0 Å². The number of aromatic nitrogens is 2. The fourth-order valence-electron chi connectivity index (χ4n) is 5.85. The van der Waals surface area contributed by atoms with E-state index in [2.05, 4.69) is 25.9 Å². The first-order chi connectivity index (χ1) is 21.7. The number of piperidine rings is 1. The lowest BCUT2D eigenvalue weighted by molar-refractivity contribution is -0.128. The second-order valence-electron chi connectivity index (χ2n) is 10.9. The first-order valence-corrected chi connectivity index (χ1v) is 14.8. The Morgan fingerprint density at radius 2 is 1.65 bits per heavy atom. The number of likely N-dealkylation sites (tertiary alicyclic amines) is 1. The van der Waals surface area contributed by atoms with Crippen molar-refractivity contribution in [2.45, 2.75) is 32.4 Å². The summed E-state index contributed by atoms with van der Waals surface area (Å²) >= 11 is 6.32. The van der Waals surface area contributed by atoms with Crippen molar-refractivity contribution in [2.24, 2.45) is 4.99 Å². The molecule has 3 aromatic carbocycles. The number of carbonyl (C=O) groups is 2. The van der Waals surface area contributed by atoms with Crippen LogP contribution in [0, 0.1) is 11.6 Å². The quantitative estimate of drug-likeness (QED) is 0.246. The predicted molar refractivity (Wildman–Crippen MR) is 176 cm³/mol. The van der Waals surface area contributed by atoms with Crippen LogP contribution >= 0.6 is 11.6 Å². The highest BCUT2D eigenvalue weighted by atomic mass is 35.5. The number of likely N-dealkylation sites (N-methyl/N-ethyl adjacent to an activating group) is 2. The Balaban J connectivity index is 0.00000417. The van der Waals surface area contributed by atoms with Gasteiger partial charge in [-0.25, -0.2) is 18.7 Å². The molecule has 2 amide bonds. The van der Waals surface area contributed by atoms with E-state index >= 15 is 0 Å². The maximum Gasteiger partial charge on any atom is 0.253 e. The van der Waals surface area contributed by atoms with Gasteiger partial charge in [0, 0.05) is 59.3 Å². The van der Waals surface area contributed by atoms with Crippen molar-refractivity contribution >= 4 is 40.8 Å². The van der Waals surface area contributed by atoms with Gasteiger partial charge in [0.2, 0.25) is 11.9 Å². The second kappa shape index (κ2) is 13.3. The van der Waals surface area contributed by atoms with Gasteiger partial charge in [0.25, 0.3) is 5.91 Å². The summed E-state index contributed by atoms with van der Waals surface area (Å²) in [6, 6.07) is 15.8. The SMILES string of the molecule is C.CNC(=O)C1(NC)CCN(C(=O)c2ccc(Nc3ncc4c(n3)-c3ccc(Cl)cc3C(c3c(F)cccc3F)=NC4)cc2)CC1. The minimum atomic E-state index is -0.726. The molecule has 0 aliphatic carbocycles. The van der Waals surface area contributed by atoms with E-state index in [1.54, 1.807) is 67.7 Å². The van der Waals surface area contributed by atoms with Gasteiger partial charge in [-0.15, -0.1) is 0 Å². The average Bonchev–Trinajstić information content (AvgIpc) is 3.21. The van der Waals surface area contributed by atoms with Crippen molar-refractivity contribution in [3.8, 4) is 11.3 Å². The van der Waals surface area contributed by atoms with Crippen LogP contribution in [0.1, 0.15) is 47.3 Å². The van der Waals surface area contributed by atoms with E-state index in [1.165, 1.54) is 18.2 Å². The number of benzene rings is 3. The summed E-state index contributed by atoms with van der Waals surface area (Å²) in [4.78, 5) is 41.1. The molecule has 9 nitrogen and oxygen atoms in total. The van der Waals surface area contributed by atoms with Crippen LogP contribution in [-0.2, 0) is 11.3 Å². The highest BCUT2D eigenvalue weighted by Crippen LogP contribution is 2.35. The van der Waals surface area contributed by atoms with Crippen LogP contribution in [-0.4, -0.2) is 65.1 Å². The number of hydrogen-bond donors (Lipinski definition) is 3.